The molecule has 2 rings (SSSR count). The van der Waals surface area contributed by atoms with Crippen molar-refractivity contribution in [3.05, 3.63) is 48.3 Å². The van der Waals surface area contributed by atoms with Crippen LogP contribution < -0.4 is 15.4 Å². The third-order valence-electron chi connectivity index (χ3n) is 3.47. The maximum Gasteiger partial charge on any atom is 0.191 e. The van der Waals surface area contributed by atoms with Gasteiger partial charge in [0.2, 0.25) is 0 Å². The van der Waals surface area contributed by atoms with Gasteiger partial charge in [-0.3, -0.25) is 9.67 Å². The second-order valence-corrected chi connectivity index (χ2v) is 5.47. The van der Waals surface area contributed by atoms with Crippen molar-refractivity contribution in [2.75, 3.05) is 20.2 Å². The lowest BCUT2D eigenvalue weighted by molar-refractivity contribution is 0.317. The van der Waals surface area contributed by atoms with Crippen molar-refractivity contribution in [3.8, 4) is 5.75 Å². The van der Waals surface area contributed by atoms with E-state index in [0.29, 0.717) is 6.54 Å². The van der Waals surface area contributed by atoms with Gasteiger partial charge in [-0.25, -0.2) is 0 Å². The van der Waals surface area contributed by atoms with Crippen LogP contribution in [0, 0.1) is 0 Å². The van der Waals surface area contributed by atoms with Crippen LogP contribution in [-0.4, -0.2) is 35.9 Å². The predicted molar refractivity (Wildman–Crippen MR) is 97.3 cm³/mol. The molecule has 0 aliphatic carbocycles. The molecule has 0 amide bonds. The number of aryl methyl sites for hydroxylation is 1. The first-order valence-electron chi connectivity index (χ1n) is 8.45. The molecule has 1 aromatic carbocycles. The van der Waals surface area contributed by atoms with Crippen LogP contribution in [-0.2, 0) is 13.1 Å². The molecule has 2 aromatic rings. The molecule has 0 atom stereocenters. The van der Waals surface area contributed by atoms with Gasteiger partial charge in [0, 0.05) is 39.1 Å². The lowest BCUT2D eigenvalue weighted by atomic mass is 10.2. The number of aliphatic imine (C=N–C) groups is 1. The number of hydrogen-bond donors (Lipinski definition) is 2. The van der Waals surface area contributed by atoms with Gasteiger partial charge in [-0.2, -0.15) is 5.10 Å². The number of aromatic nitrogens is 2. The van der Waals surface area contributed by atoms with Crippen molar-refractivity contribution in [1.82, 2.24) is 20.4 Å². The summed E-state index contributed by atoms with van der Waals surface area (Å²) in [6.45, 7) is 5.30. The van der Waals surface area contributed by atoms with E-state index in [9.17, 15) is 0 Å². The fraction of sp³-hybridized carbons (Fsp3) is 0.444. The summed E-state index contributed by atoms with van der Waals surface area (Å²) in [5.74, 6) is 1.72. The molecule has 1 aromatic heterocycles. The smallest absolute Gasteiger partial charge is 0.191 e. The summed E-state index contributed by atoms with van der Waals surface area (Å²) in [4.78, 5) is 4.25. The summed E-state index contributed by atoms with van der Waals surface area (Å²) in [5.41, 5.74) is 1.17. The van der Waals surface area contributed by atoms with Crippen LogP contribution in [0.15, 0.2) is 47.7 Å². The second-order valence-electron chi connectivity index (χ2n) is 5.47. The van der Waals surface area contributed by atoms with Gasteiger partial charge in [0.05, 0.1) is 6.61 Å². The number of nitrogens with zero attached hydrogens (tertiary/aromatic N) is 3. The summed E-state index contributed by atoms with van der Waals surface area (Å²) in [5, 5.41) is 10.8. The van der Waals surface area contributed by atoms with Gasteiger partial charge < -0.3 is 15.4 Å². The highest BCUT2D eigenvalue weighted by molar-refractivity contribution is 5.79. The second kappa shape index (κ2) is 10.3. The molecule has 1 heterocycles. The Labute approximate surface area is 143 Å². The molecule has 130 valence electrons. The maximum atomic E-state index is 5.66. The normalized spacial score (nSPS) is 11.3. The number of rotatable bonds is 9. The zero-order valence-electron chi connectivity index (χ0n) is 14.5. The molecule has 6 heteroatoms. The molecule has 0 radical (unpaired) electrons. The largest absolute Gasteiger partial charge is 0.494 e. The van der Waals surface area contributed by atoms with E-state index in [1.54, 1.807) is 13.2 Å². The van der Waals surface area contributed by atoms with Gasteiger partial charge >= 0.3 is 0 Å². The van der Waals surface area contributed by atoms with Crippen LogP contribution in [0.1, 0.15) is 25.3 Å². The van der Waals surface area contributed by atoms with E-state index in [1.807, 2.05) is 29.1 Å². The summed E-state index contributed by atoms with van der Waals surface area (Å²) >= 11 is 0. The first-order valence-corrected chi connectivity index (χ1v) is 8.45. The number of benzene rings is 1. The molecule has 0 bridgehead atoms. The van der Waals surface area contributed by atoms with Gasteiger partial charge in [-0.15, -0.1) is 0 Å². The van der Waals surface area contributed by atoms with Gasteiger partial charge in [0.25, 0.3) is 0 Å². The minimum atomic E-state index is 0.710. The molecule has 0 unspecified atom stereocenters. The molecule has 2 N–H and O–H groups in total. The van der Waals surface area contributed by atoms with Crippen molar-refractivity contribution in [1.29, 1.82) is 0 Å². The van der Waals surface area contributed by atoms with Crippen LogP contribution in [0.25, 0.3) is 0 Å². The average molecular weight is 329 g/mol. The first-order chi connectivity index (χ1) is 11.8. The van der Waals surface area contributed by atoms with Crippen molar-refractivity contribution >= 4 is 5.96 Å². The molecule has 24 heavy (non-hydrogen) atoms. The highest BCUT2D eigenvalue weighted by atomic mass is 16.5. The highest BCUT2D eigenvalue weighted by Gasteiger charge is 2.00. The van der Waals surface area contributed by atoms with Crippen LogP contribution in [0.5, 0.6) is 5.75 Å². The minimum Gasteiger partial charge on any atom is -0.494 e. The zero-order chi connectivity index (χ0) is 17.0. The molecule has 6 nitrogen and oxygen atoms in total. The summed E-state index contributed by atoms with van der Waals surface area (Å²) in [7, 11) is 1.78. The van der Waals surface area contributed by atoms with E-state index >= 15 is 0 Å². The Balaban J connectivity index is 1.70. The summed E-state index contributed by atoms with van der Waals surface area (Å²) in [6.07, 6.45) is 5.77. The Morgan fingerprint density at radius 1 is 1.29 bits per heavy atom. The average Bonchev–Trinajstić information content (AvgIpc) is 3.13. The van der Waals surface area contributed by atoms with E-state index in [2.05, 4.69) is 39.8 Å². The quantitative estimate of drug-likeness (QED) is 0.421. The fourth-order valence-electron chi connectivity index (χ4n) is 2.25. The number of guanidine groups is 1. The van der Waals surface area contributed by atoms with Crippen LogP contribution in [0.4, 0.5) is 0 Å². The molecule has 0 spiro atoms. The van der Waals surface area contributed by atoms with Crippen LogP contribution in [0.2, 0.25) is 0 Å². The van der Waals surface area contributed by atoms with Gasteiger partial charge in [0.1, 0.15) is 5.75 Å². The Morgan fingerprint density at radius 3 is 2.96 bits per heavy atom. The van der Waals surface area contributed by atoms with Crippen molar-refractivity contribution in [3.63, 3.8) is 0 Å². The third kappa shape index (κ3) is 6.32. The van der Waals surface area contributed by atoms with Crippen molar-refractivity contribution < 1.29 is 4.74 Å². The minimum absolute atomic E-state index is 0.710. The van der Waals surface area contributed by atoms with E-state index in [-0.39, 0.29) is 0 Å². The van der Waals surface area contributed by atoms with Gasteiger partial charge in [-0.1, -0.05) is 19.1 Å². The Kier molecular flexibility index (Phi) is 7.67. The van der Waals surface area contributed by atoms with Crippen molar-refractivity contribution in [2.24, 2.45) is 4.99 Å². The fourth-order valence-corrected chi connectivity index (χ4v) is 2.25. The van der Waals surface area contributed by atoms with Crippen LogP contribution >= 0.6 is 0 Å². The monoisotopic (exact) mass is 329 g/mol. The van der Waals surface area contributed by atoms with E-state index < -0.39 is 0 Å². The summed E-state index contributed by atoms with van der Waals surface area (Å²) in [6, 6.07) is 10.1. The molecule has 0 aliphatic rings. The maximum absolute atomic E-state index is 5.66. The molecular formula is C18H27N5O. The number of ether oxygens (including phenoxy) is 1. The predicted octanol–water partition coefficient (Wildman–Crippen LogP) is 2.43. The summed E-state index contributed by atoms with van der Waals surface area (Å²) < 4.78 is 7.59. The Morgan fingerprint density at radius 2 is 2.21 bits per heavy atom. The Hall–Kier alpha value is -2.50. The van der Waals surface area contributed by atoms with E-state index in [4.69, 9.17) is 4.74 Å². The van der Waals surface area contributed by atoms with Gasteiger partial charge in [0.15, 0.2) is 5.96 Å². The lowest BCUT2D eigenvalue weighted by Gasteiger charge is -2.13. The lowest BCUT2D eigenvalue weighted by Crippen LogP contribution is -2.37. The number of nitrogens with one attached hydrogen (secondary N) is 2. The molecule has 0 saturated carbocycles. The molecule has 0 aliphatic heterocycles. The standard InChI is InChI=1S/C18H27N5O/c1-3-13-24-17-8-4-7-16(14-17)15-21-18(19-2)20-9-5-11-23-12-6-10-22-23/h4,6-8,10,12,14H,3,5,9,11,13,15H2,1-2H3,(H2,19,20,21). The first kappa shape index (κ1) is 17.8. The third-order valence-corrected chi connectivity index (χ3v) is 3.47. The highest BCUT2D eigenvalue weighted by Crippen LogP contribution is 2.13. The van der Waals surface area contributed by atoms with Gasteiger partial charge in [-0.05, 0) is 36.6 Å². The molecular weight excluding hydrogens is 302 g/mol. The molecule has 0 saturated heterocycles. The Bertz CT molecular complexity index is 610. The zero-order valence-corrected chi connectivity index (χ0v) is 14.5. The van der Waals surface area contributed by atoms with Crippen molar-refractivity contribution in [2.45, 2.75) is 32.9 Å². The van der Waals surface area contributed by atoms with Crippen LogP contribution in [0.3, 0.4) is 0 Å². The SMILES string of the molecule is CCCOc1cccc(CNC(=NC)NCCCn2cccn2)c1. The van der Waals surface area contributed by atoms with E-state index in [1.165, 1.54) is 5.56 Å². The van der Waals surface area contributed by atoms with E-state index in [0.717, 1.165) is 44.2 Å². The number of hydrogen-bond acceptors (Lipinski definition) is 3. The molecule has 0 fully saturated rings. The topological polar surface area (TPSA) is 63.5 Å².